The molecule has 0 saturated carbocycles. The van der Waals surface area contributed by atoms with Crippen LogP contribution in [0.15, 0.2) is 23.6 Å². The number of aromatic nitrogens is 1. The molecule has 3 N–H and O–H groups in total. The van der Waals surface area contributed by atoms with E-state index in [0.29, 0.717) is 24.1 Å². The van der Waals surface area contributed by atoms with Gasteiger partial charge >= 0.3 is 0 Å². The maximum Gasteiger partial charge on any atom is 0.275 e. The molecule has 0 aliphatic heterocycles. The number of carbonyl (C=O) groups is 1. The molecule has 0 radical (unpaired) electrons. The summed E-state index contributed by atoms with van der Waals surface area (Å²) >= 11 is 1.41. The third-order valence-corrected chi connectivity index (χ3v) is 4.44. The second kappa shape index (κ2) is 7.03. The van der Waals surface area contributed by atoms with Gasteiger partial charge in [0, 0.05) is 17.6 Å². The molecule has 5 heteroatoms. The topological polar surface area (TPSA) is 68.0 Å². The molecular formula is C17H23N3OS. The molecular weight excluding hydrogens is 294 g/mol. The predicted molar refractivity (Wildman–Crippen MR) is 92.6 cm³/mol. The van der Waals surface area contributed by atoms with E-state index < -0.39 is 0 Å². The smallest absolute Gasteiger partial charge is 0.275 e. The summed E-state index contributed by atoms with van der Waals surface area (Å²) in [6, 6.07) is 6.19. The number of nitrogens with two attached hydrogens (primary N) is 1. The van der Waals surface area contributed by atoms with E-state index in [2.05, 4.69) is 56.2 Å². The van der Waals surface area contributed by atoms with Gasteiger partial charge in [-0.15, -0.1) is 11.3 Å². The van der Waals surface area contributed by atoms with E-state index in [1.807, 2.05) is 0 Å². The van der Waals surface area contributed by atoms with Crippen molar-refractivity contribution in [1.82, 2.24) is 4.98 Å². The summed E-state index contributed by atoms with van der Waals surface area (Å²) < 4.78 is 0. The van der Waals surface area contributed by atoms with E-state index >= 15 is 0 Å². The van der Waals surface area contributed by atoms with Crippen LogP contribution in [-0.2, 0) is 6.54 Å². The largest absolute Gasteiger partial charge is 0.325 e. The number of anilines is 1. The Morgan fingerprint density at radius 1 is 1.23 bits per heavy atom. The first-order valence-electron chi connectivity index (χ1n) is 7.52. The highest BCUT2D eigenvalue weighted by Gasteiger charge is 2.18. The number of thiazole rings is 1. The number of benzene rings is 1. The van der Waals surface area contributed by atoms with Gasteiger partial charge in [-0.2, -0.15) is 0 Å². The van der Waals surface area contributed by atoms with E-state index in [-0.39, 0.29) is 5.91 Å². The van der Waals surface area contributed by atoms with E-state index in [0.717, 1.165) is 21.8 Å². The number of para-hydroxylation sites is 1. The van der Waals surface area contributed by atoms with Crippen molar-refractivity contribution in [2.75, 3.05) is 5.32 Å². The van der Waals surface area contributed by atoms with Crippen LogP contribution in [0.5, 0.6) is 0 Å². The van der Waals surface area contributed by atoms with E-state index in [4.69, 9.17) is 5.73 Å². The lowest BCUT2D eigenvalue weighted by Gasteiger charge is -2.19. The number of amides is 1. The molecule has 0 unspecified atom stereocenters. The molecule has 118 valence electrons. The van der Waals surface area contributed by atoms with E-state index in [1.165, 1.54) is 11.3 Å². The van der Waals surface area contributed by atoms with Crippen molar-refractivity contribution >= 4 is 22.9 Å². The Morgan fingerprint density at radius 3 is 2.27 bits per heavy atom. The maximum absolute atomic E-state index is 12.5. The number of rotatable bonds is 5. The van der Waals surface area contributed by atoms with Crippen LogP contribution in [0, 0.1) is 0 Å². The molecule has 1 aromatic heterocycles. The Labute approximate surface area is 135 Å². The quantitative estimate of drug-likeness (QED) is 0.872. The van der Waals surface area contributed by atoms with Crippen molar-refractivity contribution in [2.24, 2.45) is 5.73 Å². The highest BCUT2D eigenvalue weighted by atomic mass is 32.1. The van der Waals surface area contributed by atoms with Gasteiger partial charge in [0.1, 0.15) is 10.7 Å². The average molecular weight is 317 g/mol. The van der Waals surface area contributed by atoms with Crippen molar-refractivity contribution in [2.45, 2.75) is 46.1 Å². The van der Waals surface area contributed by atoms with Gasteiger partial charge in [0.2, 0.25) is 0 Å². The fourth-order valence-corrected chi connectivity index (χ4v) is 3.04. The van der Waals surface area contributed by atoms with Crippen molar-refractivity contribution in [1.29, 1.82) is 0 Å². The van der Waals surface area contributed by atoms with Gasteiger partial charge in [-0.1, -0.05) is 45.9 Å². The van der Waals surface area contributed by atoms with Crippen molar-refractivity contribution < 1.29 is 4.79 Å². The van der Waals surface area contributed by atoms with Gasteiger partial charge in [-0.25, -0.2) is 4.98 Å². The van der Waals surface area contributed by atoms with Gasteiger partial charge in [-0.3, -0.25) is 4.79 Å². The molecule has 4 nitrogen and oxygen atoms in total. The van der Waals surface area contributed by atoms with E-state index in [9.17, 15) is 4.79 Å². The highest BCUT2D eigenvalue weighted by molar-refractivity contribution is 7.09. The minimum absolute atomic E-state index is 0.175. The zero-order valence-corrected chi connectivity index (χ0v) is 14.3. The molecule has 0 aliphatic carbocycles. The van der Waals surface area contributed by atoms with Crippen LogP contribution in [0.25, 0.3) is 0 Å². The monoisotopic (exact) mass is 317 g/mol. The molecule has 1 heterocycles. The predicted octanol–water partition coefficient (Wildman–Crippen LogP) is 4.10. The first kappa shape index (κ1) is 16.6. The molecule has 2 aromatic rings. The minimum Gasteiger partial charge on any atom is -0.325 e. The first-order valence-corrected chi connectivity index (χ1v) is 8.40. The molecule has 1 amide bonds. The Hall–Kier alpha value is -1.72. The van der Waals surface area contributed by atoms with Crippen LogP contribution >= 0.6 is 11.3 Å². The highest BCUT2D eigenvalue weighted by Crippen LogP contribution is 2.32. The van der Waals surface area contributed by atoms with Crippen LogP contribution in [0.2, 0.25) is 0 Å². The number of nitrogens with zero attached hydrogens (tertiary/aromatic N) is 1. The second-order valence-electron chi connectivity index (χ2n) is 5.91. The lowest BCUT2D eigenvalue weighted by molar-refractivity contribution is 0.102. The van der Waals surface area contributed by atoms with E-state index in [1.54, 1.807) is 5.38 Å². The summed E-state index contributed by atoms with van der Waals surface area (Å²) in [6.45, 7) is 8.88. The van der Waals surface area contributed by atoms with Crippen LogP contribution in [0.1, 0.15) is 66.2 Å². The lowest BCUT2D eigenvalue weighted by Crippen LogP contribution is -2.16. The van der Waals surface area contributed by atoms with Gasteiger partial charge in [0.15, 0.2) is 0 Å². The summed E-state index contributed by atoms with van der Waals surface area (Å²) in [5.74, 6) is 0.499. The number of nitrogens with one attached hydrogen (secondary N) is 1. The third kappa shape index (κ3) is 3.54. The van der Waals surface area contributed by atoms with Gasteiger partial charge in [0.05, 0.1) is 0 Å². The Kier molecular flexibility index (Phi) is 5.32. The summed E-state index contributed by atoms with van der Waals surface area (Å²) in [7, 11) is 0. The zero-order chi connectivity index (χ0) is 16.3. The molecule has 0 aliphatic rings. The number of hydrogen-bond acceptors (Lipinski definition) is 4. The number of hydrogen-bond donors (Lipinski definition) is 2. The molecule has 0 spiro atoms. The first-order chi connectivity index (χ1) is 10.4. The molecule has 22 heavy (non-hydrogen) atoms. The van der Waals surface area contributed by atoms with Gasteiger partial charge in [-0.05, 0) is 23.0 Å². The van der Waals surface area contributed by atoms with Crippen molar-refractivity contribution in [3.05, 3.63) is 45.4 Å². The molecule has 0 bridgehead atoms. The van der Waals surface area contributed by atoms with Crippen LogP contribution < -0.4 is 11.1 Å². The molecule has 0 fully saturated rings. The molecule has 1 aromatic carbocycles. The van der Waals surface area contributed by atoms with Gasteiger partial charge < -0.3 is 11.1 Å². The fraction of sp³-hybridized carbons (Fsp3) is 0.412. The summed E-state index contributed by atoms with van der Waals surface area (Å²) in [5.41, 5.74) is 9.20. The van der Waals surface area contributed by atoms with Crippen molar-refractivity contribution in [3.8, 4) is 0 Å². The zero-order valence-electron chi connectivity index (χ0n) is 13.5. The fourth-order valence-electron chi connectivity index (χ4n) is 2.38. The van der Waals surface area contributed by atoms with Crippen molar-refractivity contribution in [3.63, 3.8) is 0 Å². The summed E-state index contributed by atoms with van der Waals surface area (Å²) in [6.07, 6.45) is 0. The molecule has 2 rings (SSSR count). The Bertz CT molecular complexity index is 635. The maximum atomic E-state index is 12.5. The summed E-state index contributed by atoms with van der Waals surface area (Å²) in [4.78, 5) is 16.7. The van der Waals surface area contributed by atoms with Crippen LogP contribution in [0.3, 0.4) is 0 Å². The minimum atomic E-state index is -0.175. The third-order valence-electron chi connectivity index (χ3n) is 3.57. The SMILES string of the molecule is CC(C)c1cccc(C(C)C)c1NC(=O)c1csc(CN)n1. The summed E-state index contributed by atoms with van der Waals surface area (Å²) in [5, 5.41) is 5.58. The second-order valence-corrected chi connectivity index (χ2v) is 6.85. The number of carbonyl (C=O) groups excluding carboxylic acids is 1. The molecule has 0 atom stereocenters. The van der Waals surface area contributed by atoms with Gasteiger partial charge in [0.25, 0.3) is 5.91 Å². The normalized spacial score (nSPS) is 11.2. The molecule has 0 saturated heterocycles. The van der Waals surface area contributed by atoms with Crippen LogP contribution in [0.4, 0.5) is 5.69 Å². The van der Waals surface area contributed by atoms with Crippen LogP contribution in [-0.4, -0.2) is 10.9 Å². The lowest BCUT2D eigenvalue weighted by atomic mass is 9.92. The standard InChI is InChI=1S/C17H23N3OS/c1-10(2)12-6-5-7-13(11(3)4)16(12)20-17(21)14-9-22-15(8-18)19-14/h5-7,9-11H,8,18H2,1-4H3,(H,20,21). The Balaban J connectivity index is 2.36. The average Bonchev–Trinajstić information content (AvgIpc) is 2.95. The Morgan fingerprint density at radius 2 is 1.82 bits per heavy atom.